The van der Waals surface area contributed by atoms with Gasteiger partial charge < -0.3 is 0 Å². The van der Waals surface area contributed by atoms with E-state index in [-0.39, 0.29) is 11.3 Å². The Labute approximate surface area is 92.1 Å². The van der Waals surface area contributed by atoms with Gasteiger partial charge in [0.15, 0.2) is 0 Å². The van der Waals surface area contributed by atoms with Crippen LogP contribution in [0.25, 0.3) is 0 Å². The van der Waals surface area contributed by atoms with Crippen LogP contribution >= 0.6 is 12.6 Å². The Kier molecular flexibility index (Phi) is 3.73. The molecule has 0 radical (unpaired) electrons. The van der Waals surface area contributed by atoms with Crippen LogP contribution in [-0.4, -0.2) is 10.7 Å². The van der Waals surface area contributed by atoms with Crippen LogP contribution in [0.15, 0.2) is 18.2 Å². The molecule has 0 aliphatic rings. The van der Waals surface area contributed by atoms with Crippen LogP contribution in [0, 0.1) is 33.3 Å². The Morgan fingerprint density at radius 2 is 2.27 bits per heavy atom. The average molecular weight is 218 g/mol. The number of nitro benzene ring substituents is 1. The molecule has 15 heavy (non-hydrogen) atoms. The first-order chi connectivity index (χ1) is 7.19. The molecule has 0 atom stereocenters. The first-order valence-corrected chi connectivity index (χ1v) is 4.60. The molecule has 0 aliphatic carbocycles. The van der Waals surface area contributed by atoms with Gasteiger partial charge in [-0.2, -0.15) is 17.9 Å². The van der Waals surface area contributed by atoms with Gasteiger partial charge in [-0.05, 0) is 12.1 Å². The van der Waals surface area contributed by atoms with E-state index >= 15 is 0 Å². The summed E-state index contributed by atoms with van der Waals surface area (Å²) in [7, 11) is 0. The maximum Gasteiger partial charge on any atom is 0.286 e. The van der Waals surface area contributed by atoms with Crippen LogP contribution in [-0.2, 0) is 0 Å². The van der Waals surface area contributed by atoms with Crippen LogP contribution in [0.2, 0.25) is 0 Å². The highest BCUT2D eigenvalue weighted by atomic mass is 32.1. The summed E-state index contributed by atoms with van der Waals surface area (Å²) in [5.74, 6) is 5.57. The van der Waals surface area contributed by atoms with Crippen LogP contribution in [0.1, 0.15) is 11.1 Å². The summed E-state index contributed by atoms with van der Waals surface area (Å²) in [5, 5.41) is 19.3. The molecule has 4 nitrogen and oxygen atoms in total. The van der Waals surface area contributed by atoms with Crippen molar-refractivity contribution in [3.8, 4) is 17.9 Å². The lowest BCUT2D eigenvalue weighted by molar-refractivity contribution is -0.385. The van der Waals surface area contributed by atoms with Crippen molar-refractivity contribution in [1.29, 1.82) is 5.26 Å². The number of hydrogen-bond donors (Lipinski definition) is 1. The van der Waals surface area contributed by atoms with E-state index in [0.29, 0.717) is 11.3 Å². The third kappa shape index (κ3) is 2.73. The van der Waals surface area contributed by atoms with Crippen LogP contribution in [0.4, 0.5) is 5.69 Å². The molecule has 0 unspecified atom stereocenters. The predicted octanol–water partition coefficient (Wildman–Crippen LogP) is 1.75. The predicted molar refractivity (Wildman–Crippen MR) is 58.5 cm³/mol. The average Bonchev–Trinajstić information content (AvgIpc) is 2.26. The van der Waals surface area contributed by atoms with Crippen LogP contribution in [0.5, 0.6) is 0 Å². The summed E-state index contributed by atoms with van der Waals surface area (Å²) in [4.78, 5) is 10.1. The molecular weight excluding hydrogens is 212 g/mol. The van der Waals surface area contributed by atoms with E-state index in [9.17, 15) is 10.1 Å². The molecule has 0 saturated heterocycles. The molecule has 0 aliphatic heterocycles. The number of nitriles is 1. The van der Waals surface area contributed by atoms with Gasteiger partial charge in [-0.25, -0.2) is 0 Å². The van der Waals surface area contributed by atoms with Gasteiger partial charge in [0.25, 0.3) is 5.69 Å². The highest BCUT2D eigenvalue weighted by molar-refractivity contribution is 7.80. The number of nitrogens with zero attached hydrogens (tertiary/aromatic N) is 2. The molecular formula is C10H6N2O2S. The number of benzene rings is 1. The fraction of sp³-hybridized carbons (Fsp3) is 0.100. The molecule has 0 amide bonds. The van der Waals surface area contributed by atoms with Gasteiger partial charge in [0, 0.05) is 6.07 Å². The van der Waals surface area contributed by atoms with Gasteiger partial charge in [0.2, 0.25) is 0 Å². The summed E-state index contributed by atoms with van der Waals surface area (Å²) in [6, 6.07) is 6.01. The van der Waals surface area contributed by atoms with Crippen molar-refractivity contribution < 1.29 is 4.92 Å². The number of rotatable bonds is 1. The van der Waals surface area contributed by atoms with Crippen LogP contribution < -0.4 is 0 Å². The smallest absolute Gasteiger partial charge is 0.258 e. The van der Waals surface area contributed by atoms with Gasteiger partial charge in [0.05, 0.1) is 22.3 Å². The quantitative estimate of drug-likeness (QED) is 0.338. The SMILES string of the molecule is N#Cc1ccc(C#CCS)c([N+](=O)[O-])c1. The molecule has 1 aromatic carbocycles. The molecule has 5 heteroatoms. The molecule has 1 rings (SSSR count). The Hall–Kier alpha value is -1.98. The fourth-order valence-corrected chi connectivity index (χ4v) is 1.07. The van der Waals surface area contributed by atoms with E-state index < -0.39 is 4.92 Å². The minimum absolute atomic E-state index is 0.150. The molecule has 0 bridgehead atoms. The second-order valence-corrected chi connectivity index (χ2v) is 2.88. The first-order valence-electron chi connectivity index (χ1n) is 3.97. The summed E-state index contributed by atoms with van der Waals surface area (Å²) in [6.07, 6.45) is 0. The van der Waals surface area contributed by atoms with E-state index in [1.165, 1.54) is 18.2 Å². The maximum atomic E-state index is 10.7. The van der Waals surface area contributed by atoms with E-state index in [2.05, 4.69) is 24.5 Å². The van der Waals surface area contributed by atoms with Crippen molar-refractivity contribution in [2.45, 2.75) is 0 Å². The molecule has 0 heterocycles. The molecule has 0 aromatic heterocycles. The van der Waals surface area contributed by atoms with Crippen molar-refractivity contribution in [2.24, 2.45) is 0 Å². The minimum Gasteiger partial charge on any atom is -0.258 e. The third-order valence-electron chi connectivity index (χ3n) is 1.63. The molecule has 74 valence electrons. The fourth-order valence-electron chi connectivity index (χ4n) is 0.993. The number of hydrogen-bond acceptors (Lipinski definition) is 4. The zero-order chi connectivity index (χ0) is 11.3. The van der Waals surface area contributed by atoms with E-state index in [4.69, 9.17) is 5.26 Å². The Morgan fingerprint density at radius 1 is 1.53 bits per heavy atom. The maximum absolute atomic E-state index is 10.7. The summed E-state index contributed by atoms with van der Waals surface area (Å²) >= 11 is 3.88. The highest BCUT2D eigenvalue weighted by Crippen LogP contribution is 2.18. The van der Waals surface area contributed by atoms with Crippen molar-refractivity contribution in [3.05, 3.63) is 39.4 Å². The second kappa shape index (κ2) is 5.04. The van der Waals surface area contributed by atoms with E-state index in [1.54, 1.807) is 0 Å². The number of nitro groups is 1. The van der Waals surface area contributed by atoms with Gasteiger partial charge in [0.1, 0.15) is 5.56 Å². The molecule has 0 spiro atoms. The largest absolute Gasteiger partial charge is 0.286 e. The molecule has 0 N–H and O–H groups in total. The number of thiol groups is 1. The van der Waals surface area contributed by atoms with Gasteiger partial charge in [-0.3, -0.25) is 10.1 Å². The first kappa shape index (κ1) is 11.1. The molecule has 1 aromatic rings. The monoisotopic (exact) mass is 218 g/mol. The normalized spacial score (nSPS) is 8.53. The highest BCUT2D eigenvalue weighted by Gasteiger charge is 2.12. The Balaban J connectivity index is 3.29. The second-order valence-electron chi connectivity index (χ2n) is 2.56. The summed E-state index contributed by atoms with van der Waals surface area (Å²) in [5.41, 5.74) is 0.398. The third-order valence-corrected chi connectivity index (χ3v) is 1.78. The zero-order valence-corrected chi connectivity index (χ0v) is 8.49. The molecule has 0 saturated carbocycles. The van der Waals surface area contributed by atoms with Crippen molar-refractivity contribution >= 4 is 18.3 Å². The topological polar surface area (TPSA) is 66.9 Å². The van der Waals surface area contributed by atoms with Crippen molar-refractivity contribution in [3.63, 3.8) is 0 Å². The lowest BCUT2D eigenvalue weighted by atomic mass is 10.1. The minimum atomic E-state index is -0.552. The standard InChI is InChI=1S/C10H6N2O2S/c11-7-8-3-4-9(2-1-5-15)10(6-8)12(13)14/h3-4,6,15H,5H2. The molecule has 0 fully saturated rings. The van der Waals surface area contributed by atoms with Gasteiger partial charge in [-0.15, -0.1) is 0 Å². The van der Waals surface area contributed by atoms with E-state index in [0.717, 1.165) is 0 Å². The lowest BCUT2D eigenvalue weighted by Crippen LogP contribution is -1.93. The van der Waals surface area contributed by atoms with Crippen LogP contribution in [0.3, 0.4) is 0 Å². The summed E-state index contributed by atoms with van der Waals surface area (Å²) < 4.78 is 0. The zero-order valence-electron chi connectivity index (χ0n) is 7.60. The van der Waals surface area contributed by atoms with Crippen molar-refractivity contribution in [2.75, 3.05) is 5.75 Å². The summed E-state index contributed by atoms with van der Waals surface area (Å²) in [6.45, 7) is 0. The van der Waals surface area contributed by atoms with Crippen molar-refractivity contribution in [1.82, 2.24) is 0 Å². The van der Waals surface area contributed by atoms with Gasteiger partial charge >= 0.3 is 0 Å². The Morgan fingerprint density at radius 3 is 2.80 bits per heavy atom. The van der Waals surface area contributed by atoms with Gasteiger partial charge in [-0.1, -0.05) is 11.8 Å². The lowest BCUT2D eigenvalue weighted by Gasteiger charge is -1.95. The Bertz CT molecular complexity index is 494. The van der Waals surface area contributed by atoms with E-state index in [1.807, 2.05) is 6.07 Å².